The lowest BCUT2D eigenvalue weighted by molar-refractivity contribution is -0.396. The minimum atomic E-state index is -0.540. The van der Waals surface area contributed by atoms with E-state index in [0.29, 0.717) is 32.0 Å². The number of nitro groups is 1. The molecule has 0 saturated heterocycles. The Hall–Kier alpha value is -2.40. The lowest BCUT2D eigenvalue weighted by Gasteiger charge is -2.04. The zero-order valence-corrected chi connectivity index (χ0v) is 12.4. The molecule has 0 aliphatic carbocycles. The zero-order chi connectivity index (χ0) is 16.5. The number of imidazole rings is 1. The Labute approximate surface area is 131 Å². The van der Waals surface area contributed by atoms with Crippen LogP contribution in [0.1, 0.15) is 5.69 Å². The predicted octanol–water partition coefficient (Wildman–Crippen LogP) is 0.586. The maximum atomic E-state index is 11.9. The molecule has 0 amide bonds. The van der Waals surface area contributed by atoms with Gasteiger partial charge in [-0.2, -0.15) is 0 Å². The molecule has 2 aromatic rings. The van der Waals surface area contributed by atoms with Crippen LogP contribution in [0.5, 0.6) is 0 Å². The molecular formula is C12H17FN6O4. The maximum Gasteiger partial charge on any atom is 0.434 e. The van der Waals surface area contributed by atoms with Crippen LogP contribution in [0, 0.1) is 10.1 Å². The molecule has 2 heterocycles. The molecular weight excluding hydrogens is 311 g/mol. The summed E-state index contributed by atoms with van der Waals surface area (Å²) in [6.07, 6.45) is 4.60. The van der Waals surface area contributed by atoms with E-state index in [-0.39, 0.29) is 19.2 Å². The largest absolute Gasteiger partial charge is 0.434 e. The Morgan fingerprint density at radius 3 is 2.87 bits per heavy atom. The summed E-state index contributed by atoms with van der Waals surface area (Å²) < 4.78 is 25.3. The number of ether oxygens (including phenoxy) is 2. The molecule has 2 aromatic heterocycles. The highest BCUT2D eigenvalue weighted by molar-refractivity contribution is 5.06. The van der Waals surface area contributed by atoms with Crippen molar-refractivity contribution in [1.29, 1.82) is 0 Å². The lowest BCUT2D eigenvalue weighted by Crippen LogP contribution is -2.12. The molecule has 0 bridgehead atoms. The Morgan fingerprint density at radius 1 is 1.26 bits per heavy atom. The Morgan fingerprint density at radius 2 is 2.09 bits per heavy atom. The van der Waals surface area contributed by atoms with Gasteiger partial charge >= 0.3 is 5.95 Å². The average Bonchev–Trinajstić information content (AvgIpc) is 3.16. The summed E-state index contributed by atoms with van der Waals surface area (Å²) in [4.78, 5) is 13.8. The summed E-state index contributed by atoms with van der Waals surface area (Å²) in [6.45, 7) is 1.26. The second kappa shape index (κ2) is 8.90. The molecule has 11 heteroatoms. The fraction of sp³-hybridized carbons (Fsp3) is 0.583. The molecule has 10 nitrogen and oxygen atoms in total. The van der Waals surface area contributed by atoms with Crippen molar-refractivity contribution in [2.75, 3.05) is 26.5 Å². The Balaban J connectivity index is 1.64. The second-order valence-corrected chi connectivity index (χ2v) is 4.50. The van der Waals surface area contributed by atoms with Crippen LogP contribution in [-0.2, 0) is 29.2 Å². The van der Waals surface area contributed by atoms with Crippen LogP contribution < -0.4 is 0 Å². The van der Waals surface area contributed by atoms with Crippen molar-refractivity contribution in [3.63, 3.8) is 0 Å². The van der Waals surface area contributed by atoms with Gasteiger partial charge in [-0.25, -0.2) is 13.6 Å². The van der Waals surface area contributed by atoms with E-state index in [9.17, 15) is 14.5 Å². The van der Waals surface area contributed by atoms with Crippen LogP contribution in [0.25, 0.3) is 0 Å². The molecule has 0 aliphatic heterocycles. The van der Waals surface area contributed by atoms with Crippen molar-refractivity contribution in [1.82, 2.24) is 24.5 Å². The van der Waals surface area contributed by atoms with E-state index in [1.54, 1.807) is 10.9 Å². The van der Waals surface area contributed by atoms with E-state index in [4.69, 9.17) is 9.47 Å². The monoisotopic (exact) mass is 328 g/mol. The first kappa shape index (κ1) is 17.0. The van der Waals surface area contributed by atoms with Gasteiger partial charge in [0.2, 0.25) is 0 Å². The van der Waals surface area contributed by atoms with E-state index in [1.165, 1.54) is 17.0 Å². The molecule has 23 heavy (non-hydrogen) atoms. The number of aromatic nitrogens is 5. The number of alkyl halides is 1. The first-order valence-corrected chi connectivity index (χ1v) is 6.96. The van der Waals surface area contributed by atoms with Gasteiger partial charge in [0.05, 0.1) is 45.7 Å². The molecule has 0 radical (unpaired) electrons. The van der Waals surface area contributed by atoms with Crippen LogP contribution in [0.4, 0.5) is 10.3 Å². The minimum absolute atomic E-state index is 0.0381. The van der Waals surface area contributed by atoms with Crippen LogP contribution in [0.15, 0.2) is 18.6 Å². The van der Waals surface area contributed by atoms with Crippen molar-refractivity contribution in [2.24, 2.45) is 0 Å². The van der Waals surface area contributed by atoms with Crippen LogP contribution >= 0.6 is 0 Å². The normalized spacial score (nSPS) is 11.0. The number of rotatable bonds is 11. The van der Waals surface area contributed by atoms with Gasteiger partial charge in [-0.15, -0.1) is 5.10 Å². The summed E-state index contributed by atoms with van der Waals surface area (Å²) in [5.74, 6) is -0.206. The summed E-state index contributed by atoms with van der Waals surface area (Å²) in [5.41, 5.74) is 0.618. The molecule has 0 saturated carbocycles. The van der Waals surface area contributed by atoms with Crippen LogP contribution in [0.2, 0.25) is 0 Å². The fourth-order valence-electron chi connectivity index (χ4n) is 1.82. The van der Waals surface area contributed by atoms with Gasteiger partial charge in [-0.05, 0) is 4.92 Å². The van der Waals surface area contributed by atoms with Crippen LogP contribution in [-0.4, -0.2) is 56.0 Å². The van der Waals surface area contributed by atoms with E-state index in [1.807, 2.05) is 0 Å². The molecule has 0 unspecified atom stereocenters. The van der Waals surface area contributed by atoms with Crippen molar-refractivity contribution in [3.8, 4) is 0 Å². The van der Waals surface area contributed by atoms with Crippen molar-refractivity contribution >= 4 is 5.95 Å². The summed E-state index contributed by atoms with van der Waals surface area (Å²) in [5, 5.41) is 18.5. The first-order valence-electron chi connectivity index (χ1n) is 6.96. The van der Waals surface area contributed by atoms with Gasteiger partial charge in [0, 0.05) is 0 Å². The van der Waals surface area contributed by atoms with Crippen molar-refractivity contribution in [2.45, 2.75) is 19.7 Å². The smallest absolute Gasteiger partial charge is 0.390 e. The average molecular weight is 328 g/mol. The third-order valence-corrected chi connectivity index (χ3v) is 2.86. The predicted molar refractivity (Wildman–Crippen MR) is 75.4 cm³/mol. The number of hydrogen-bond donors (Lipinski definition) is 0. The van der Waals surface area contributed by atoms with E-state index in [2.05, 4.69) is 15.3 Å². The van der Waals surface area contributed by atoms with E-state index >= 15 is 0 Å². The number of nitrogens with zero attached hydrogens (tertiary/aromatic N) is 6. The van der Waals surface area contributed by atoms with Crippen molar-refractivity contribution in [3.05, 3.63) is 34.4 Å². The molecule has 2 rings (SSSR count). The zero-order valence-electron chi connectivity index (χ0n) is 12.4. The van der Waals surface area contributed by atoms with Gasteiger partial charge < -0.3 is 19.6 Å². The number of hydrogen-bond acceptors (Lipinski definition) is 7. The van der Waals surface area contributed by atoms with Crippen LogP contribution in [0.3, 0.4) is 0 Å². The third kappa shape index (κ3) is 5.38. The van der Waals surface area contributed by atoms with Crippen molar-refractivity contribution < 1.29 is 18.8 Å². The molecule has 126 valence electrons. The fourth-order valence-corrected chi connectivity index (χ4v) is 1.82. The summed E-state index contributed by atoms with van der Waals surface area (Å²) in [7, 11) is 0. The molecule has 0 spiro atoms. The Bertz CT molecular complexity index is 616. The quantitative estimate of drug-likeness (QED) is 0.337. The number of halogens is 1. The second-order valence-electron chi connectivity index (χ2n) is 4.50. The van der Waals surface area contributed by atoms with E-state index < -0.39 is 11.6 Å². The summed E-state index contributed by atoms with van der Waals surface area (Å²) in [6, 6.07) is 0. The molecule has 0 aliphatic rings. The van der Waals surface area contributed by atoms with Gasteiger partial charge in [-0.3, -0.25) is 0 Å². The standard InChI is InChI=1S/C12H17FN6O4/c13-1-6-23-10-11-9-18(16-15-11)5-8-22-7-4-17-3-2-14-12(17)19(20)21/h2-3,9H,1,4-8,10H2. The van der Waals surface area contributed by atoms with Gasteiger partial charge in [0.1, 0.15) is 24.8 Å². The molecule has 0 aromatic carbocycles. The molecule has 0 fully saturated rings. The highest BCUT2D eigenvalue weighted by Crippen LogP contribution is 2.06. The molecule has 0 atom stereocenters. The maximum absolute atomic E-state index is 11.9. The first-order chi connectivity index (χ1) is 11.2. The Kier molecular flexibility index (Phi) is 6.56. The van der Waals surface area contributed by atoms with E-state index in [0.717, 1.165) is 0 Å². The highest BCUT2D eigenvalue weighted by atomic mass is 19.1. The topological polar surface area (TPSA) is 110 Å². The minimum Gasteiger partial charge on any atom is -0.390 e. The third-order valence-electron chi connectivity index (χ3n) is 2.86. The lowest BCUT2D eigenvalue weighted by atomic mass is 10.5. The molecule has 0 N–H and O–H groups in total. The SMILES string of the molecule is O=[N+]([O-])c1nccn1CCOCCn1cc(COCCF)nn1. The van der Waals surface area contributed by atoms with Gasteiger partial charge in [0.25, 0.3) is 0 Å². The highest BCUT2D eigenvalue weighted by Gasteiger charge is 2.13. The van der Waals surface area contributed by atoms with Gasteiger partial charge in [0.15, 0.2) is 0 Å². The summed E-state index contributed by atoms with van der Waals surface area (Å²) >= 11 is 0. The van der Waals surface area contributed by atoms with Gasteiger partial charge in [-0.1, -0.05) is 10.2 Å².